The van der Waals surface area contributed by atoms with Crippen LogP contribution >= 0.6 is 0 Å². The molecule has 3 aromatic rings. The van der Waals surface area contributed by atoms with E-state index < -0.39 is 0 Å². The highest BCUT2D eigenvalue weighted by atomic mass is 15.3. The van der Waals surface area contributed by atoms with E-state index in [9.17, 15) is 5.26 Å². The van der Waals surface area contributed by atoms with Gasteiger partial charge in [-0.05, 0) is 31.2 Å². The molecule has 0 bridgehead atoms. The van der Waals surface area contributed by atoms with Gasteiger partial charge in [-0.25, -0.2) is 4.98 Å². The predicted octanol–water partition coefficient (Wildman–Crippen LogP) is 1.91. The standard InChI is InChI=1S/C16H14N6/c1-11-5-6-12(8-17)15(18-11)21-9-13(10-21)16-20-19-14-4-2-3-7-22(14)16/h2-7,13H,9-10H2,1H3. The lowest BCUT2D eigenvalue weighted by Crippen LogP contribution is -2.46. The number of hydrogen-bond donors (Lipinski definition) is 0. The lowest BCUT2D eigenvalue weighted by atomic mass is 9.98. The zero-order valence-corrected chi connectivity index (χ0v) is 12.1. The first-order chi connectivity index (χ1) is 10.8. The van der Waals surface area contributed by atoms with E-state index in [1.54, 1.807) is 0 Å². The molecule has 1 aliphatic rings. The number of pyridine rings is 2. The van der Waals surface area contributed by atoms with Crippen molar-refractivity contribution >= 4 is 11.5 Å². The van der Waals surface area contributed by atoms with Gasteiger partial charge in [0.2, 0.25) is 0 Å². The van der Waals surface area contributed by atoms with Gasteiger partial charge < -0.3 is 4.90 Å². The van der Waals surface area contributed by atoms with Gasteiger partial charge in [-0.2, -0.15) is 5.26 Å². The third-order valence-electron chi connectivity index (χ3n) is 4.02. The van der Waals surface area contributed by atoms with Crippen LogP contribution in [0.25, 0.3) is 5.65 Å². The Labute approximate surface area is 127 Å². The van der Waals surface area contributed by atoms with Crippen LogP contribution in [0.3, 0.4) is 0 Å². The Bertz CT molecular complexity index is 885. The van der Waals surface area contributed by atoms with Gasteiger partial charge in [0.15, 0.2) is 5.65 Å². The van der Waals surface area contributed by atoms with Gasteiger partial charge >= 0.3 is 0 Å². The number of aromatic nitrogens is 4. The third kappa shape index (κ3) is 1.91. The molecule has 0 unspecified atom stereocenters. The molecule has 0 N–H and O–H groups in total. The van der Waals surface area contributed by atoms with E-state index in [1.165, 1.54) is 0 Å². The van der Waals surface area contributed by atoms with E-state index in [1.807, 2.05) is 47.9 Å². The number of fused-ring (bicyclic) bond motifs is 1. The van der Waals surface area contributed by atoms with Crippen molar-refractivity contribution in [3.8, 4) is 6.07 Å². The van der Waals surface area contributed by atoms with Crippen LogP contribution in [0.5, 0.6) is 0 Å². The largest absolute Gasteiger partial charge is 0.354 e. The summed E-state index contributed by atoms with van der Waals surface area (Å²) in [5.74, 6) is 2.05. The number of nitriles is 1. The van der Waals surface area contributed by atoms with Crippen LogP contribution in [0.4, 0.5) is 5.82 Å². The Morgan fingerprint density at radius 1 is 1.18 bits per heavy atom. The quantitative estimate of drug-likeness (QED) is 0.721. The molecule has 1 fully saturated rings. The number of anilines is 1. The first-order valence-corrected chi connectivity index (χ1v) is 7.18. The molecule has 0 radical (unpaired) electrons. The molecule has 0 spiro atoms. The number of aryl methyl sites for hydroxylation is 1. The second-order valence-corrected chi connectivity index (χ2v) is 5.52. The summed E-state index contributed by atoms with van der Waals surface area (Å²) in [6, 6.07) is 11.8. The molecular formula is C16H14N6. The van der Waals surface area contributed by atoms with E-state index >= 15 is 0 Å². The molecule has 1 saturated heterocycles. The van der Waals surface area contributed by atoms with E-state index in [4.69, 9.17) is 0 Å². The Morgan fingerprint density at radius 3 is 2.86 bits per heavy atom. The smallest absolute Gasteiger partial charge is 0.160 e. The van der Waals surface area contributed by atoms with Crippen molar-refractivity contribution in [1.82, 2.24) is 19.6 Å². The van der Waals surface area contributed by atoms with Crippen molar-refractivity contribution in [3.63, 3.8) is 0 Å². The molecule has 108 valence electrons. The summed E-state index contributed by atoms with van der Waals surface area (Å²) in [5, 5.41) is 17.7. The zero-order chi connectivity index (χ0) is 15.1. The minimum Gasteiger partial charge on any atom is -0.354 e. The Balaban J connectivity index is 1.60. The van der Waals surface area contributed by atoms with Gasteiger partial charge in [-0.3, -0.25) is 4.40 Å². The Morgan fingerprint density at radius 2 is 2.05 bits per heavy atom. The van der Waals surface area contributed by atoms with Crippen LogP contribution in [-0.4, -0.2) is 32.7 Å². The lowest BCUT2D eigenvalue weighted by molar-refractivity contribution is 0.492. The van der Waals surface area contributed by atoms with Gasteiger partial charge in [0, 0.05) is 25.0 Å². The summed E-state index contributed by atoms with van der Waals surface area (Å²) >= 11 is 0. The molecule has 0 amide bonds. The van der Waals surface area contributed by atoms with Crippen molar-refractivity contribution < 1.29 is 0 Å². The maximum absolute atomic E-state index is 9.23. The summed E-state index contributed by atoms with van der Waals surface area (Å²) in [6.07, 6.45) is 1.99. The highest BCUT2D eigenvalue weighted by Gasteiger charge is 2.33. The molecule has 3 aromatic heterocycles. The van der Waals surface area contributed by atoms with E-state index in [2.05, 4.69) is 26.2 Å². The van der Waals surface area contributed by atoms with E-state index in [0.29, 0.717) is 11.5 Å². The van der Waals surface area contributed by atoms with Gasteiger partial charge in [-0.1, -0.05) is 6.07 Å². The highest BCUT2D eigenvalue weighted by molar-refractivity contribution is 5.57. The van der Waals surface area contributed by atoms with Crippen molar-refractivity contribution in [1.29, 1.82) is 5.26 Å². The fourth-order valence-corrected chi connectivity index (χ4v) is 2.82. The Hall–Kier alpha value is -2.94. The fraction of sp³-hybridized carbons (Fsp3) is 0.250. The molecule has 0 aromatic carbocycles. The maximum Gasteiger partial charge on any atom is 0.160 e. The van der Waals surface area contributed by atoms with Gasteiger partial charge in [0.25, 0.3) is 0 Å². The topological polar surface area (TPSA) is 70.1 Å². The predicted molar refractivity (Wildman–Crippen MR) is 81.6 cm³/mol. The number of hydrogen-bond acceptors (Lipinski definition) is 5. The molecule has 22 heavy (non-hydrogen) atoms. The number of nitrogens with zero attached hydrogens (tertiary/aromatic N) is 6. The van der Waals surface area contributed by atoms with Crippen molar-refractivity contribution in [2.24, 2.45) is 0 Å². The summed E-state index contributed by atoms with van der Waals surface area (Å²) in [5.41, 5.74) is 2.41. The monoisotopic (exact) mass is 290 g/mol. The summed E-state index contributed by atoms with van der Waals surface area (Å²) in [7, 11) is 0. The van der Waals surface area contributed by atoms with Gasteiger partial charge in [0.05, 0.1) is 11.5 Å². The molecule has 4 rings (SSSR count). The van der Waals surface area contributed by atoms with Crippen molar-refractivity contribution in [3.05, 3.63) is 53.6 Å². The molecule has 4 heterocycles. The normalized spacial score (nSPS) is 14.8. The van der Waals surface area contributed by atoms with Crippen LogP contribution in [0.2, 0.25) is 0 Å². The number of rotatable bonds is 2. The lowest BCUT2D eigenvalue weighted by Gasteiger charge is -2.39. The average Bonchev–Trinajstić information content (AvgIpc) is 2.90. The minimum atomic E-state index is 0.311. The molecule has 6 nitrogen and oxygen atoms in total. The first kappa shape index (κ1) is 12.8. The van der Waals surface area contributed by atoms with Crippen molar-refractivity contribution in [2.45, 2.75) is 12.8 Å². The molecule has 0 aliphatic carbocycles. The Kier molecular flexibility index (Phi) is 2.79. The summed E-state index contributed by atoms with van der Waals surface area (Å²) in [4.78, 5) is 6.63. The van der Waals surface area contributed by atoms with Crippen LogP contribution < -0.4 is 4.90 Å². The van der Waals surface area contributed by atoms with Crippen LogP contribution in [0, 0.1) is 18.3 Å². The molecule has 0 saturated carbocycles. The van der Waals surface area contributed by atoms with Crippen molar-refractivity contribution in [2.75, 3.05) is 18.0 Å². The summed E-state index contributed by atoms with van der Waals surface area (Å²) < 4.78 is 2.02. The summed E-state index contributed by atoms with van der Waals surface area (Å²) in [6.45, 7) is 3.55. The first-order valence-electron chi connectivity index (χ1n) is 7.18. The van der Waals surface area contributed by atoms with E-state index in [-0.39, 0.29) is 0 Å². The fourth-order valence-electron chi connectivity index (χ4n) is 2.82. The molecule has 0 atom stereocenters. The maximum atomic E-state index is 9.23. The third-order valence-corrected chi connectivity index (χ3v) is 4.02. The SMILES string of the molecule is Cc1ccc(C#N)c(N2CC(c3nnc4ccccn34)C2)n1. The molecule has 6 heteroatoms. The van der Waals surface area contributed by atoms with Crippen LogP contribution in [0.15, 0.2) is 36.5 Å². The average molecular weight is 290 g/mol. The second-order valence-electron chi connectivity index (χ2n) is 5.52. The zero-order valence-electron chi connectivity index (χ0n) is 12.1. The minimum absolute atomic E-state index is 0.311. The van der Waals surface area contributed by atoms with E-state index in [0.717, 1.165) is 36.1 Å². The highest BCUT2D eigenvalue weighted by Crippen LogP contribution is 2.31. The van der Waals surface area contributed by atoms with Gasteiger partial charge in [-0.15, -0.1) is 10.2 Å². The van der Waals surface area contributed by atoms with Crippen LogP contribution in [-0.2, 0) is 0 Å². The molecular weight excluding hydrogens is 276 g/mol. The molecule has 1 aliphatic heterocycles. The van der Waals surface area contributed by atoms with Gasteiger partial charge in [0.1, 0.15) is 17.7 Å². The second kappa shape index (κ2) is 4.81. The van der Waals surface area contributed by atoms with Crippen LogP contribution in [0.1, 0.15) is 23.0 Å².